The van der Waals surface area contributed by atoms with Gasteiger partial charge in [0.25, 0.3) is 5.91 Å². The molecular weight excluding hydrogens is 438 g/mol. The van der Waals surface area contributed by atoms with Crippen LogP contribution in [0.5, 0.6) is 5.75 Å². The van der Waals surface area contributed by atoms with Crippen LogP contribution in [0.15, 0.2) is 54.6 Å². The topological polar surface area (TPSA) is 65.6 Å². The van der Waals surface area contributed by atoms with Crippen molar-refractivity contribution in [3.05, 3.63) is 65.9 Å². The van der Waals surface area contributed by atoms with Gasteiger partial charge in [-0.1, -0.05) is 37.3 Å². The fraction of sp³-hybridized carbons (Fsp3) is 0.448. The lowest BCUT2D eigenvalue weighted by molar-refractivity contribution is -0.142. The molecule has 1 aliphatic carbocycles. The number of methoxy groups -OCH3 is 1. The third-order valence-electron chi connectivity index (χ3n) is 8.90. The molecule has 5 atom stereocenters. The van der Waals surface area contributed by atoms with E-state index in [-0.39, 0.29) is 41.4 Å². The first-order valence-corrected chi connectivity index (χ1v) is 12.7. The van der Waals surface area contributed by atoms with Crippen molar-refractivity contribution in [3.8, 4) is 5.75 Å². The summed E-state index contributed by atoms with van der Waals surface area (Å²) in [6.45, 7) is 4.01. The second kappa shape index (κ2) is 8.14. The van der Waals surface area contributed by atoms with Crippen molar-refractivity contribution in [1.82, 2.24) is 14.8 Å². The number of nitrogens with zero attached hydrogens (tertiary/aromatic N) is 2. The first kappa shape index (κ1) is 22.2. The normalized spacial score (nSPS) is 29.5. The summed E-state index contributed by atoms with van der Waals surface area (Å²) in [5.74, 6) is 0.942. The van der Waals surface area contributed by atoms with E-state index in [0.717, 1.165) is 48.8 Å². The van der Waals surface area contributed by atoms with Crippen molar-refractivity contribution in [3.63, 3.8) is 0 Å². The molecule has 6 nitrogen and oxygen atoms in total. The zero-order valence-electron chi connectivity index (χ0n) is 20.7. The SMILES string of the molecule is COc1ccc2[nH]c(C(=O)N3[C@H]4CCC[C@H]5N(C(C)=O)[C@@H](Cc6ccccc6)[C@@H]3C[C@@]45C)cc2c1. The molecule has 2 aromatic carbocycles. The van der Waals surface area contributed by atoms with Crippen molar-refractivity contribution < 1.29 is 14.3 Å². The molecule has 2 bridgehead atoms. The number of rotatable bonds is 4. The predicted molar refractivity (Wildman–Crippen MR) is 135 cm³/mol. The Kier molecular flexibility index (Phi) is 5.17. The minimum Gasteiger partial charge on any atom is -0.497 e. The van der Waals surface area contributed by atoms with E-state index < -0.39 is 0 Å². The Labute approximate surface area is 206 Å². The largest absolute Gasteiger partial charge is 0.497 e. The number of aromatic amines is 1. The summed E-state index contributed by atoms with van der Waals surface area (Å²) in [5.41, 5.74) is 2.67. The number of nitrogens with one attached hydrogen (secondary N) is 1. The van der Waals surface area contributed by atoms with Crippen molar-refractivity contribution in [2.24, 2.45) is 5.41 Å². The predicted octanol–water partition coefficient (Wildman–Crippen LogP) is 4.79. The summed E-state index contributed by atoms with van der Waals surface area (Å²) in [6, 6.07) is 18.4. The van der Waals surface area contributed by atoms with Crippen LogP contribution >= 0.6 is 0 Å². The van der Waals surface area contributed by atoms with Crippen molar-refractivity contribution >= 4 is 22.7 Å². The Morgan fingerprint density at radius 2 is 1.80 bits per heavy atom. The number of benzene rings is 2. The third kappa shape index (κ3) is 3.37. The van der Waals surface area contributed by atoms with E-state index in [1.807, 2.05) is 30.3 Å². The minimum absolute atomic E-state index is 0.00287. The van der Waals surface area contributed by atoms with Gasteiger partial charge < -0.3 is 19.5 Å². The first-order valence-electron chi connectivity index (χ1n) is 12.7. The molecule has 2 aliphatic heterocycles. The maximum absolute atomic E-state index is 14.2. The smallest absolute Gasteiger partial charge is 0.270 e. The molecule has 0 radical (unpaired) electrons. The van der Waals surface area contributed by atoms with Gasteiger partial charge in [0.15, 0.2) is 0 Å². The van der Waals surface area contributed by atoms with Crippen LogP contribution in [-0.4, -0.2) is 57.9 Å². The molecule has 1 aromatic heterocycles. The van der Waals surface area contributed by atoms with Crippen LogP contribution in [0.4, 0.5) is 0 Å². The van der Waals surface area contributed by atoms with Crippen LogP contribution in [0.2, 0.25) is 0 Å². The molecule has 3 aliphatic rings. The summed E-state index contributed by atoms with van der Waals surface area (Å²) in [7, 11) is 1.65. The number of carbonyl (C=O) groups excluding carboxylic acids is 2. The van der Waals surface area contributed by atoms with Crippen molar-refractivity contribution in [1.29, 1.82) is 0 Å². The Hall–Kier alpha value is -3.28. The molecule has 182 valence electrons. The highest BCUT2D eigenvalue weighted by Gasteiger charge is 2.64. The van der Waals surface area contributed by atoms with Crippen LogP contribution in [-0.2, 0) is 11.2 Å². The molecule has 1 N–H and O–H groups in total. The van der Waals surface area contributed by atoms with E-state index in [1.165, 1.54) is 5.56 Å². The molecule has 3 fully saturated rings. The van der Waals surface area contributed by atoms with E-state index in [4.69, 9.17) is 4.74 Å². The number of hydrogen-bond donors (Lipinski definition) is 1. The highest BCUT2D eigenvalue weighted by molar-refractivity contribution is 5.99. The minimum atomic E-state index is -0.0767. The zero-order chi connectivity index (χ0) is 24.3. The van der Waals surface area contributed by atoms with Gasteiger partial charge in [-0.15, -0.1) is 0 Å². The molecule has 3 heterocycles. The standard InChI is InChI=1S/C29H33N3O3/c1-18(33)31-24(14-19-8-5-4-6-9-19)25-17-29(2)26(31)10-7-11-27(29)32(25)28(34)23-16-20-15-21(35-3)12-13-22(20)30-23/h4-6,8-9,12-13,15-16,24-27,30H,7,10-11,14,17H2,1-3H3/t24-,25-,26+,27-,29+/m0/s1. The number of piperidine rings is 1. The van der Waals surface area contributed by atoms with Gasteiger partial charge in [-0.05, 0) is 61.9 Å². The highest BCUT2D eigenvalue weighted by atomic mass is 16.5. The Balaban J connectivity index is 1.43. The maximum atomic E-state index is 14.2. The number of ether oxygens (including phenoxy) is 1. The van der Waals surface area contributed by atoms with E-state index >= 15 is 0 Å². The van der Waals surface area contributed by atoms with Gasteiger partial charge in [-0.3, -0.25) is 9.59 Å². The van der Waals surface area contributed by atoms with Crippen LogP contribution in [0.1, 0.15) is 55.6 Å². The number of H-pyrrole nitrogens is 1. The number of amides is 2. The first-order chi connectivity index (χ1) is 16.9. The Bertz CT molecular complexity index is 1280. The fourth-order valence-corrected chi connectivity index (χ4v) is 7.42. The molecule has 6 rings (SSSR count). The monoisotopic (exact) mass is 471 g/mol. The van der Waals surface area contributed by atoms with Gasteiger partial charge in [0.05, 0.1) is 19.2 Å². The molecule has 3 aromatic rings. The maximum Gasteiger partial charge on any atom is 0.270 e. The Morgan fingerprint density at radius 3 is 2.51 bits per heavy atom. The van der Waals surface area contributed by atoms with E-state index in [9.17, 15) is 9.59 Å². The lowest BCUT2D eigenvalue weighted by atomic mass is 9.64. The second-order valence-corrected chi connectivity index (χ2v) is 10.8. The van der Waals surface area contributed by atoms with Crippen molar-refractivity contribution in [2.45, 2.75) is 70.1 Å². The van der Waals surface area contributed by atoms with Crippen LogP contribution in [0.3, 0.4) is 0 Å². The van der Waals surface area contributed by atoms with Gasteiger partial charge in [0, 0.05) is 35.3 Å². The van der Waals surface area contributed by atoms with Gasteiger partial charge in [-0.2, -0.15) is 0 Å². The molecule has 1 saturated carbocycles. The summed E-state index contributed by atoms with van der Waals surface area (Å²) in [5, 5.41) is 0.966. The molecule has 0 spiro atoms. The summed E-state index contributed by atoms with van der Waals surface area (Å²) >= 11 is 0. The highest BCUT2D eigenvalue weighted by Crippen LogP contribution is 2.56. The number of fused-ring (bicyclic) bond motifs is 2. The second-order valence-electron chi connectivity index (χ2n) is 10.8. The average Bonchev–Trinajstić information content (AvgIpc) is 3.41. The zero-order valence-corrected chi connectivity index (χ0v) is 20.7. The molecule has 6 heteroatoms. The van der Waals surface area contributed by atoms with Gasteiger partial charge in [-0.25, -0.2) is 0 Å². The Morgan fingerprint density at radius 1 is 1.06 bits per heavy atom. The van der Waals surface area contributed by atoms with Gasteiger partial charge in [0.2, 0.25) is 5.91 Å². The lowest BCUT2D eigenvalue weighted by Crippen LogP contribution is -2.62. The van der Waals surface area contributed by atoms with Crippen LogP contribution in [0, 0.1) is 5.41 Å². The lowest BCUT2D eigenvalue weighted by Gasteiger charge is -2.52. The molecule has 35 heavy (non-hydrogen) atoms. The molecule has 2 amide bonds. The van der Waals surface area contributed by atoms with Gasteiger partial charge in [0.1, 0.15) is 11.4 Å². The molecule has 2 saturated heterocycles. The van der Waals surface area contributed by atoms with E-state index in [0.29, 0.717) is 5.69 Å². The van der Waals surface area contributed by atoms with E-state index in [2.05, 4.69) is 46.0 Å². The summed E-state index contributed by atoms with van der Waals surface area (Å²) in [6.07, 6.45) is 4.75. The number of hydrogen-bond acceptors (Lipinski definition) is 3. The van der Waals surface area contributed by atoms with E-state index in [1.54, 1.807) is 14.0 Å². The fourth-order valence-electron chi connectivity index (χ4n) is 7.42. The van der Waals surface area contributed by atoms with Crippen LogP contribution < -0.4 is 4.74 Å². The quantitative estimate of drug-likeness (QED) is 0.595. The summed E-state index contributed by atoms with van der Waals surface area (Å²) < 4.78 is 5.37. The molecule has 0 unspecified atom stereocenters. The van der Waals surface area contributed by atoms with Gasteiger partial charge >= 0.3 is 0 Å². The number of aromatic nitrogens is 1. The third-order valence-corrected chi connectivity index (χ3v) is 8.90. The van der Waals surface area contributed by atoms with Crippen molar-refractivity contribution in [2.75, 3.05) is 7.11 Å². The number of likely N-dealkylation sites (tertiary alicyclic amines) is 2. The number of carbonyl (C=O) groups is 2. The summed E-state index contributed by atoms with van der Waals surface area (Å²) in [4.78, 5) is 34.9. The van der Waals surface area contributed by atoms with Crippen LogP contribution in [0.25, 0.3) is 10.9 Å². The molecular formula is C29H33N3O3. The average molecular weight is 472 g/mol.